The molecule has 0 unspecified atom stereocenters. The van der Waals surface area contributed by atoms with Crippen molar-refractivity contribution in [1.29, 1.82) is 0 Å². The summed E-state index contributed by atoms with van der Waals surface area (Å²) in [6, 6.07) is 7.92. The minimum Gasteiger partial charge on any atom is -0.345 e. The molecule has 0 spiro atoms. The van der Waals surface area contributed by atoms with Crippen LogP contribution in [0.3, 0.4) is 0 Å². The first kappa shape index (κ1) is 12.7. The number of hydrogen-bond donors (Lipinski definition) is 1. The average molecular weight is 283 g/mol. The molecule has 0 bridgehead atoms. The van der Waals surface area contributed by atoms with Crippen molar-refractivity contribution < 1.29 is 4.79 Å². The van der Waals surface area contributed by atoms with Gasteiger partial charge >= 0.3 is 0 Å². The molecule has 0 aliphatic carbocycles. The molecular formula is C15H13N3OS. The number of nitrogens with one attached hydrogen (secondary N) is 1. The number of anilines is 2. The van der Waals surface area contributed by atoms with Crippen molar-refractivity contribution in [3.05, 3.63) is 47.9 Å². The maximum Gasteiger partial charge on any atom is 0.164 e. The Kier molecular flexibility index (Phi) is 3.20. The Morgan fingerprint density at radius 1 is 1.30 bits per heavy atom. The van der Waals surface area contributed by atoms with E-state index in [-0.39, 0.29) is 5.78 Å². The second-order valence-corrected chi connectivity index (χ2v) is 5.33. The summed E-state index contributed by atoms with van der Waals surface area (Å²) in [4.78, 5) is 15.8. The number of Topliss-reactive ketones (excluding diaryl/α,β-unsaturated/α-hetero) is 1. The number of fused-ring (bicyclic) bond motifs is 1. The number of carbonyl (C=O) groups excluding carboxylic acids is 1. The van der Waals surface area contributed by atoms with Gasteiger partial charge in [0.25, 0.3) is 0 Å². The first-order chi connectivity index (χ1) is 9.66. The van der Waals surface area contributed by atoms with E-state index in [9.17, 15) is 4.79 Å². The van der Waals surface area contributed by atoms with Crippen LogP contribution in [0.5, 0.6) is 0 Å². The van der Waals surface area contributed by atoms with Gasteiger partial charge in [-0.2, -0.15) is 4.37 Å². The van der Waals surface area contributed by atoms with Crippen LogP contribution in [-0.2, 0) is 0 Å². The number of ketones is 1. The molecule has 0 atom stereocenters. The summed E-state index contributed by atoms with van der Waals surface area (Å²) in [7, 11) is 0. The number of aryl methyl sites for hydroxylation is 1. The minimum absolute atomic E-state index is 0.0284. The quantitative estimate of drug-likeness (QED) is 0.740. The third kappa shape index (κ3) is 2.16. The van der Waals surface area contributed by atoms with Gasteiger partial charge in [-0.1, -0.05) is 12.1 Å². The number of hydrogen-bond acceptors (Lipinski definition) is 5. The maximum absolute atomic E-state index is 11.7. The van der Waals surface area contributed by atoms with Crippen molar-refractivity contribution in [2.75, 3.05) is 5.32 Å². The van der Waals surface area contributed by atoms with Crippen molar-refractivity contribution in [1.82, 2.24) is 9.36 Å². The van der Waals surface area contributed by atoms with Crippen LogP contribution < -0.4 is 5.32 Å². The van der Waals surface area contributed by atoms with Crippen LogP contribution in [0, 0.1) is 6.92 Å². The van der Waals surface area contributed by atoms with Crippen LogP contribution in [0.1, 0.15) is 23.0 Å². The number of rotatable bonds is 3. The smallest absolute Gasteiger partial charge is 0.164 e. The Bertz CT molecular complexity index is 789. The van der Waals surface area contributed by atoms with Gasteiger partial charge in [0.05, 0.1) is 11.3 Å². The van der Waals surface area contributed by atoms with Crippen LogP contribution in [-0.4, -0.2) is 15.1 Å². The highest BCUT2D eigenvalue weighted by molar-refractivity contribution is 7.10. The number of benzene rings is 1. The number of pyridine rings is 1. The van der Waals surface area contributed by atoms with Gasteiger partial charge in [0, 0.05) is 28.9 Å². The summed E-state index contributed by atoms with van der Waals surface area (Å²) in [5.41, 5.74) is 2.39. The maximum atomic E-state index is 11.7. The first-order valence-electron chi connectivity index (χ1n) is 6.24. The van der Waals surface area contributed by atoms with Gasteiger partial charge in [-0.3, -0.25) is 9.78 Å². The molecule has 3 aromatic rings. The predicted octanol–water partition coefficient (Wildman–Crippen LogP) is 3.95. The molecule has 1 aromatic carbocycles. The van der Waals surface area contributed by atoms with Crippen LogP contribution in [0.15, 0.2) is 36.7 Å². The van der Waals surface area contributed by atoms with E-state index in [1.165, 1.54) is 11.5 Å². The Hall–Kier alpha value is -2.27. The Balaban J connectivity index is 2.08. The molecule has 0 aliphatic rings. The Morgan fingerprint density at radius 3 is 2.95 bits per heavy atom. The lowest BCUT2D eigenvalue weighted by atomic mass is 10.1. The van der Waals surface area contributed by atoms with Gasteiger partial charge in [0.15, 0.2) is 5.78 Å². The van der Waals surface area contributed by atoms with Crippen LogP contribution >= 0.6 is 11.5 Å². The normalized spacial score (nSPS) is 10.7. The summed E-state index contributed by atoms with van der Waals surface area (Å²) < 4.78 is 4.26. The van der Waals surface area contributed by atoms with Crippen LogP contribution in [0.25, 0.3) is 10.8 Å². The zero-order valence-corrected chi connectivity index (χ0v) is 12.0. The fourth-order valence-electron chi connectivity index (χ4n) is 2.22. The molecule has 20 heavy (non-hydrogen) atoms. The predicted molar refractivity (Wildman–Crippen MR) is 81.9 cm³/mol. The zero-order valence-electron chi connectivity index (χ0n) is 11.2. The van der Waals surface area contributed by atoms with E-state index in [4.69, 9.17) is 0 Å². The Labute approximate surface area is 120 Å². The number of aromatic nitrogens is 2. The number of carbonyl (C=O) groups is 1. The van der Waals surface area contributed by atoms with Gasteiger partial charge < -0.3 is 5.32 Å². The van der Waals surface area contributed by atoms with E-state index in [0.717, 1.165) is 27.2 Å². The SMILES string of the molecule is CC(=O)c1c(C)nsc1Nc1cccc2cnccc12. The van der Waals surface area contributed by atoms with Crippen molar-refractivity contribution in [3.8, 4) is 0 Å². The Morgan fingerprint density at radius 2 is 2.15 bits per heavy atom. The molecule has 0 saturated heterocycles. The van der Waals surface area contributed by atoms with E-state index in [0.29, 0.717) is 5.56 Å². The molecule has 2 heterocycles. The van der Waals surface area contributed by atoms with Crippen molar-refractivity contribution in [2.24, 2.45) is 0 Å². The summed E-state index contributed by atoms with van der Waals surface area (Å²) >= 11 is 1.31. The lowest BCUT2D eigenvalue weighted by molar-refractivity contribution is 0.101. The van der Waals surface area contributed by atoms with Crippen molar-refractivity contribution >= 4 is 38.8 Å². The lowest BCUT2D eigenvalue weighted by Crippen LogP contribution is -1.99. The van der Waals surface area contributed by atoms with E-state index in [1.807, 2.05) is 37.4 Å². The molecule has 0 aliphatic heterocycles. The van der Waals surface area contributed by atoms with Gasteiger partial charge in [-0.25, -0.2) is 0 Å². The first-order valence-corrected chi connectivity index (χ1v) is 7.01. The van der Waals surface area contributed by atoms with Gasteiger partial charge in [-0.05, 0) is 37.5 Å². The molecule has 0 saturated carbocycles. The fraction of sp³-hybridized carbons (Fsp3) is 0.133. The lowest BCUT2D eigenvalue weighted by Gasteiger charge is -2.08. The average Bonchev–Trinajstić information content (AvgIpc) is 2.80. The largest absolute Gasteiger partial charge is 0.345 e. The molecule has 5 heteroatoms. The molecule has 3 rings (SSSR count). The van der Waals surface area contributed by atoms with E-state index >= 15 is 0 Å². The monoisotopic (exact) mass is 283 g/mol. The molecule has 4 nitrogen and oxygen atoms in total. The third-order valence-corrected chi connectivity index (χ3v) is 4.00. The summed E-state index contributed by atoms with van der Waals surface area (Å²) in [6.07, 6.45) is 3.58. The van der Waals surface area contributed by atoms with E-state index < -0.39 is 0 Å². The topological polar surface area (TPSA) is 54.9 Å². The van der Waals surface area contributed by atoms with Crippen molar-refractivity contribution in [3.63, 3.8) is 0 Å². The standard InChI is InChI=1S/C15H13N3OS/c1-9-14(10(2)19)15(20-18-9)17-13-5-3-4-11-8-16-7-6-12(11)13/h3-8,17H,1-2H3. The second kappa shape index (κ2) is 5.02. The van der Waals surface area contributed by atoms with Crippen molar-refractivity contribution in [2.45, 2.75) is 13.8 Å². The molecule has 0 amide bonds. The fourth-order valence-corrected chi connectivity index (χ4v) is 3.08. The molecule has 0 fully saturated rings. The summed E-state index contributed by atoms with van der Waals surface area (Å²) in [5.74, 6) is 0.0284. The second-order valence-electron chi connectivity index (χ2n) is 4.56. The van der Waals surface area contributed by atoms with E-state index in [2.05, 4.69) is 14.7 Å². The van der Waals surface area contributed by atoms with Gasteiger partial charge in [-0.15, -0.1) is 0 Å². The highest BCUT2D eigenvalue weighted by Crippen LogP contribution is 2.31. The highest BCUT2D eigenvalue weighted by atomic mass is 32.1. The summed E-state index contributed by atoms with van der Waals surface area (Å²) in [5, 5.41) is 6.25. The highest BCUT2D eigenvalue weighted by Gasteiger charge is 2.15. The molecule has 0 radical (unpaired) electrons. The molecule has 100 valence electrons. The van der Waals surface area contributed by atoms with E-state index in [1.54, 1.807) is 13.1 Å². The number of nitrogens with zero attached hydrogens (tertiary/aromatic N) is 2. The van der Waals surface area contributed by atoms with Crippen LogP contribution in [0.4, 0.5) is 10.7 Å². The molecule has 1 N–H and O–H groups in total. The zero-order chi connectivity index (χ0) is 14.1. The minimum atomic E-state index is 0.0284. The molecule has 2 aromatic heterocycles. The van der Waals surface area contributed by atoms with Gasteiger partial charge in [0.1, 0.15) is 5.00 Å². The third-order valence-electron chi connectivity index (χ3n) is 3.14. The summed E-state index contributed by atoms with van der Waals surface area (Å²) in [6.45, 7) is 3.42. The van der Waals surface area contributed by atoms with Gasteiger partial charge in [0.2, 0.25) is 0 Å². The van der Waals surface area contributed by atoms with Crippen LogP contribution in [0.2, 0.25) is 0 Å². The molecular weight excluding hydrogens is 270 g/mol.